The lowest BCUT2D eigenvalue weighted by Gasteiger charge is -2.17. The zero-order chi connectivity index (χ0) is 17.4. The molecule has 2 aliphatic rings. The van der Waals surface area contributed by atoms with Crippen LogP contribution in [-0.2, 0) is 18.4 Å². The molecule has 5 heteroatoms. The number of fused-ring (bicyclic) bond motifs is 2. The number of rotatable bonds is 13. The van der Waals surface area contributed by atoms with Gasteiger partial charge in [-0.25, -0.2) is 0 Å². The van der Waals surface area contributed by atoms with Gasteiger partial charge in [-0.15, -0.1) is 0 Å². The molecule has 138 valence electrons. The Morgan fingerprint density at radius 2 is 1.67 bits per heavy atom. The van der Waals surface area contributed by atoms with E-state index >= 15 is 0 Å². The average molecular weight is 356 g/mol. The van der Waals surface area contributed by atoms with Crippen LogP contribution in [0.5, 0.6) is 0 Å². The van der Waals surface area contributed by atoms with E-state index in [0.29, 0.717) is 42.9 Å². The van der Waals surface area contributed by atoms with Crippen LogP contribution >= 0.6 is 7.60 Å². The van der Waals surface area contributed by atoms with Crippen molar-refractivity contribution in [1.82, 2.24) is 0 Å². The molecule has 2 bridgehead atoms. The van der Waals surface area contributed by atoms with E-state index in [1.807, 2.05) is 13.8 Å². The molecule has 0 aromatic carbocycles. The van der Waals surface area contributed by atoms with Crippen LogP contribution in [0.3, 0.4) is 0 Å². The minimum atomic E-state index is -2.87. The molecule has 1 fully saturated rings. The highest BCUT2D eigenvalue weighted by Gasteiger charge is 2.38. The standard InChI is InChI=1S/C19H33O4P/c1-3-22-24(21,23-4-2)13-9-7-5-6-8-10-19(20)18-15-16-11-12-17(18)14-16/h11-12,16-18H,3-10,13-15H2,1-2H3. The van der Waals surface area contributed by atoms with E-state index in [2.05, 4.69) is 12.2 Å². The van der Waals surface area contributed by atoms with E-state index in [4.69, 9.17) is 9.05 Å². The molecular formula is C19H33O4P. The molecule has 0 radical (unpaired) electrons. The lowest BCUT2D eigenvalue weighted by atomic mass is 9.87. The molecule has 3 atom stereocenters. The quantitative estimate of drug-likeness (QED) is 0.253. The smallest absolute Gasteiger partial charge is 0.309 e. The van der Waals surface area contributed by atoms with Crippen molar-refractivity contribution in [1.29, 1.82) is 0 Å². The zero-order valence-corrected chi connectivity index (χ0v) is 16.1. The topological polar surface area (TPSA) is 52.6 Å². The molecule has 0 amide bonds. The van der Waals surface area contributed by atoms with Crippen LogP contribution in [0.4, 0.5) is 0 Å². The predicted octanol–water partition coefficient (Wildman–Crippen LogP) is 5.37. The molecule has 24 heavy (non-hydrogen) atoms. The van der Waals surface area contributed by atoms with Crippen molar-refractivity contribution >= 4 is 13.4 Å². The summed E-state index contributed by atoms with van der Waals surface area (Å²) in [6.45, 7) is 4.54. The first kappa shape index (κ1) is 19.9. The number of unbranched alkanes of at least 4 members (excludes halogenated alkanes) is 4. The minimum absolute atomic E-state index is 0.309. The summed E-state index contributed by atoms with van der Waals surface area (Å²) in [6, 6.07) is 0. The molecule has 2 rings (SSSR count). The van der Waals surface area contributed by atoms with Gasteiger partial charge in [0.15, 0.2) is 0 Å². The third-order valence-electron chi connectivity index (χ3n) is 5.20. The van der Waals surface area contributed by atoms with E-state index in [1.165, 1.54) is 6.42 Å². The van der Waals surface area contributed by atoms with Crippen LogP contribution < -0.4 is 0 Å². The Kier molecular flexibility index (Phi) is 8.19. The second-order valence-electron chi connectivity index (χ2n) is 7.04. The molecule has 3 unspecified atom stereocenters. The first-order chi connectivity index (χ1) is 11.6. The maximum atomic E-state index is 12.3. The van der Waals surface area contributed by atoms with E-state index in [0.717, 1.165) is 44.9 Å². The van der Waals surface area contributed by atoms with Crippen molar-refractivity contribution in [3.63, 3.8) is 0 Å². The van der Waals surface area contributed by atoms with Gasteiger partial charge < -0.3 is 9.05 Å². The molecular weight excluding hydrogens is 323 g/mol. The predicted molar refractivity (Wildman–Crippen MR) is 97.3 cm³/mol. The Hall–Kier alpha value is -0.440. The highest BCUT2D eigenvalue weighted by atomic mass is 31.2. The van der Waals surface area contributed by atoms with Crippen molar-refractivity contribution in [3.05, 3.63) is 12.2 Å². The van der Waals surface area contributed by atoms with E-state index in [9.17, 15) is 9.36 Å². The second-order valence-corrected chi connectivity index (χ2v) is 9.23. The molecule has 0 N–H and O–H groups in total. The van der Waals surface area contributed by atoms with E-state index in [1.54, 1.807) is 0 Å². The Balaban J connectivity index is 1.51. The van der Waals surface area contributed by atoms with Crippen molar-refractivity contribution in [3.8, 4) is 0 Å². The van der Waals surface area contributed by atoms with Gasteiger partial charge in [0.2, 0.25) is 0 Å². The molecule has 0 saturated heterocycles. The van der Waals surface area contributed by atoms with Crippen molar-refractivity contribution in [2.45, 2.75) is 65.2 Å². The first-order valence-electron chi connectivity index (χ1n) is 9.67. The molecule has 2 aliphatic carbocycles. The number of hydrogen-bond acceptors (Lipinski definition) is 4. The third-order valence-corrected chi connectivity index (χ3v) is 7.37. The molecule has 4 nitrogen and oxygen atoms in total. The Morgan fingerprint density at radius 3 is 2.25 bits per heavy atom. The van der Waals surface area contributed by atoms with Crippen LogP contribution in [0.15, 0.2) is 12.2 Å². The summed E-state index contributed by atoms with van der Waals surface area (Å²) in [4.78, 5) is 12.3. The number of carbonyl (C=O) groups excluding carboxylic acids is 1. The summed E-state index contributed by atoms with van der Waals surface area (Å²) < 4.78 is 22.9. The minimum Gasteiger partial charge on any atom is -0.309 e. The molecule has 0 spiro atoms. The lowest BCUT2D eigenvalue weighted by molar-refractivity contribution is -0.123. The monoisotopic (exact) mass is 356 g/mol. The summed E-state index contributed by atoms with van der Waals surface area (Å²) in [6.07, 6.45) is 13.1. The van der Waals surface area contributed by atoms with Crippen LogP contribution in [0.2, 0.25) is 0 Å². The molecule has 0 heterocycles. The third kappa shape index (κ3) is 5.82. The number of Topliss-reactive ketones (excluding diaryl/α,β-unsaturated/α-hetero) is 1. The van der Waals surface area contributed by atoms with Crippen LogP contribution in [0, 0.1) is 17.8 Å². The van der Waals surface area contributed by atoms with E-state index < -0.39 is 7.60 Å². The van der Waals surface area contributed by atoms with Gasteiger partial charge in [-0.2, -0.15) is 0 Å². The molecule has 0 aromatic heterocycles. The number of hydrogen-bond donors (Lipinski definition) is 0. The summed E-state index contributed by atoms with van der Waals surface area (Å²) in [5, 5.41) is 0. The van der Waals surface area contributed by atoms with Crippen molar-refractivity contribution < 1.29 is 18.4 Å². The largest absolute Gasteiger partial charge is 0.330 e. The van der Waals surface area contributed by atoms with Gasteiger partial charge in [0.1, 0.15) is 5.78 Å². The van der Waals surface area contributed by atoms with Gasteiger partial charge >= 0.3 is 7.60 Å². The summed E-state index contributed by atoms with van der Waals surface area (Å²) >= 11 is 0. The number of carbonyl (C=O) groups is 1. The summed E-state index contributed by atoms with van der Waals surface area (Å²) in [5.41, 5.74) is 0. The van der Waals surface area contributed by atoms with Crippen LogP contribution in [0.25, 0.3) is 0 Å². The summed E-state index contributed by atoms with van der Waals surface area (Å²) in [7, 11) is -2.87. The fraction of sp³-hybridized carbons (Fsp3) is 0.842. The normalized spacial score (nSPS) is 25.5. The van der Waals surface area contributed by atoms with Gasteiger partial charge in [0.05, 0.1) is 19.4 Å². The van der Waals surface area contributed by atoms with Gasteiger partial charge in [0, 0.05) is 12.3 Å². The van der Waals surface area contributed by atoms with Crippen LogP contribution in [-0.4, -0.2) is 25.2 Å². The first-order valence-corrected chi connectivity index (χ1v) is 11.4. The maximum absolute atomic E-state index is 12.3. The number of allylic oxidation sites excluding steroid dienone is 2. The van der Waals surface area contributed by atoms with E-state index in [-0.39, 0.29) is 0 Å². The highest BCUT2D eigenvalue weighted by molar-refractivity contribution is 7.53. The average Bonchev–Trinajstić information content (AvgIpc) is 3.17. The van der Waals surface area contributed by atoms with Crippen LogP contribution in [0.1, 0.15) is 65.2 Å². The van der Waals surface area contributed by atoms with Crippen molar-refractivity contribution in [2.24, 2.45) is 17.8 Å². The number of ketones is 1. The molecule has 1 saturated carbocycles. The Labute approximate surface area is 146 Å². The highest BCUT2D eigenvalue weighted by Crippen LogP contribution is 2.48. The SMILES string of the molecule is CCOP(=O)(CCCCCCCC(=O)C1CC2C=CC1C2)OCC. The van der Waals surface area contributed by atoms with Gasteiger partial charge in [-0.05, 0) is 51.4 Å². The second kappa shape index (κ2) is 9.89. The lowest BCUT2D eigenvalue weighted by Crippen LogP contribution is -2.18. The molecule has 0 aliphatic heterocycles. The summed E-state index contributed by atoms with van der Waals surface area (Å²) in [5.74, 6) is 2.00. The van der Waals surface area contributed by atoms with Crippen molar-refractivity contribution in [2.75, 3.05) is 19.4 Å². The Bertz CT molecular complexity index is 464. The van der Waals surface area contributed by atoms with Gasteiger partial charge in [-0.3, -0.25) is 9.36 Å². The molecule has 0 aromatic rings. The fourth-order valence-electron chi connectivity index (χ4n) is 4.03. The zero-order valence-electron chi connectivity index (χ0n) is 15.2. The van der Waals surface area contributed by atoms with Gasteiger partial charge in [-0.1, -0.05) is 31.4 Å². The van der Waals surface area contributed by atoms with Gasteiger partial charge in [0.25, 0.3) is 0 Å². The Morgan fingerprint density at radius 1 is 1.00 bits per heavy atom. The fourth-order valence-corrected chi connectivity index (χ4v) is 5.76. The maximum Gasteiger partial charge on any atom is 0.330 e.